The number of H-pyrrole nitrogens is 2. The smallest absolute Gasteiger partial charge is 0.354 e. The minimum absolute atomic E-state index is 0.0282. The Balaban J connectivity index is 3.09. The van der Waals surface area contributed by atoms with Gasteiger partial charge in [0.2, 0.25) is 0 Å². The Kier molecular flexibility index (Phi) is 2.52. The number of hydrogen-bond acceptors (Lipinski definition) is 3. The van der Waals surface area contributed by atoms with Crippen LogP contribution in [0.3, 0.4) is 0 Å². The molecule has 6 heteroatoms. The first-order valence-corrected chi connectivity index (χ1v) is 3.73. The second-order valence-corrected chi connectivity index (χ2v) is 2.79. The lowest BCUT2D eigenvalue weighted by Gasteiger charge is -2.00. The van der Waals surface area contributed by atoms with Crippen LogP contribution in [0.4, 0.5) is 0 Å². The number of aromatic carboxylic acids is 1. The summed E-state index contributed by atoms with van der Waals surface area (Å²) in [6.45, 7) is 1.48. The zero-order valence-corrected chi connectivity index (χ0v) is 7.00. The van der Waals surface area contributed by atoms with Crippen molar-refractivity contribution in [3.63, 3.8) is 0 Å². The van der Waals surface area contributed by atoms with Crippen molar-refractivity contribution in [3.8, 4) is 0 Å². The predicted molar refractivity (Wildman–Crippen MR) is 43.8 cm³/mol. The highest BCUT2D eigenvalue weighted by Crippen LogP contribution is 2.02. The Hall–Kier alpha value is -1.56. The summed E-state index contributed by atoms with van der Waals surface area (Å²) in [5.74, 6) is -1.21. The van der Waals surface area contributed by atoms with Crippen LogP contribution < -0.4 is 5.56 Å². The average molecular weight is 186 g/mol. The summed E-state index contributed by atoms with van der Waals surface area (Å²) in [7, 11) is 0. The van der Waals surface area contributed by atoms with E-state index in [0.29, 0.717) is 0 Å². The van der Waals surface area contributed by atoms with Crippen molar-refractivity contribution in [3.05, 3.63) is 21.6 Å². The quantitative estimate of drug-likeness (QED) is 0.502. The molecule has 0 spiro atoms. The van der Waals surface area contributed by atoms with Crippen molar-refractivity contribution >= 4 is 5.97 Å². The number of aromatic nitrogens is 2. The fourth-order valence-corrected chi connectivity index (χ4v) is 1.06. The second-order valence-electron chi connectivity index (χ2n) is 2.79. The summed E-state index contributed by atoms with van der Waals surface area (Å²) < 4.78 is 0. The van der Waals surface area contributed by atoms with Gasteiger partial charge in [-0.05, 0) is 6.92 Å². The van der Waals surface area contributed by atoms with Crippen LogP contribution >= 0.6 is 0 Å². The van der Waals surface area contributed by atoms with Crippen LogP contribution in [0.5, 0.6) is 0 Å². The summed E-state index contributed by atoms with van der Waals surface area (Å²) in [6.07, 6.45) is -0.713. The summed E-state index contributed by atoms with van der Waals surface area (Å²) in [5.41, 5.74) is -0.619. The molecule has 0 amide bonds. The number of carbonyl (C=O) groups is 1. The second kappa shape index (κ2) is 3.44. The summed E-state index contributed by atoms with van der Waals surface area (Å²) in [4.78, 5) is 21.6. The van der Waals surface area contributed by atoms with Crippen LogP contribution in [-0.2, 0) is 6.42 Å². The van der Waals surface area contributed by atoms with Crippen molar-refractivity contribution in [1.82, 2.24) is 10.2 Å². The molecule has 0 aliphatic carbocycles. The molecule has 13 heavy (non-hydrogen) atoms. The SMILES string of the molecule is CC(O)Cc1c(C(=O)O)[nH][nH]c1=O. The third-order valence-electron chi connectivity index (χ3n) is 1.59. The minimum Gasteiger partial charge on any atom is -0.477 e. The highest BCUT2D eigenvalue weighted by molar-refractivity contribution is 5.86. The first kappa shape index (κ1) is 9.53. The molecule has 1 atom stereocenters. The Morgan fingerprint density at radius 3 is 2.62 bits per heavy atom. The zero-order valence-electron chi connectivity index (χ0n) is 7.00. The van der Waals surface area contributed by atoms with E-state index in [1.54, 1.807) is 0 Å². The maximum atomic E-state index is 11.0. The van der Waals surface area contributed by atoms with Gasteiger partial charge in [-0.15, -0.1) is 0 Å². The fourth-order valence-electron chi connectivity index (χ4n) is 1.06. The molecule has 1 rings (SSSR count). The Morgan fingerprint density at radius 1 is 1.54 bits per heavy atom. The van der Waals surface area contributed by atoms with Gasteiger partial charge in [0.25, 0.3) is 5.56 Å². The summed E-state index contributed by atoms with van der Waals surface area (Å²) >= 11 is 0. The number of carboxylic acids is 1. The van der Waals surface area contributed by atoms with Gasteiger partial charge in [-0.1, -0.05) is 0 Å². The van der Waals surface area contributed by atoms with Crippen molar-refractivity contribution in [1.29, 1.82) is 0 Å². The van der Waals surface area contributed by atoms with Gasteiger partial charge in [-0.2, -0.15) is 0 Å². The van der Waals surface area contributed by atoms with Gasteiger partial charge in [0, 0.05) is 6.42 Å². The van der Waals surface area contributed by atoms with Gasteiger partial charge in [-0.3, -0.25) is 15.0 Å². The molecule has 0 radical (unpaired) electrons. The van der Waals surface area contributed by atoms with Gasteiger partial charge in [0.15, 0.2) is 0 Å². The van der Waals surface area contributed by atoms with E-state index in [1.165, 1.54) is 6.92 Å². The van der Waals surface area contributed by atoms with E-state index in [1.807, 2.05) is 0 Å². The number of aliphatic hydroxyl groups excluding tert-OH is 1. The lowest BCUT2D eigenvalue weighted by atomic mass is 10.1. The number of carboxylic acid groups (broad SMARTS) is 1. The third-order valence-corrected chi connectivity index (χ3v) is 1.59. The Labute approximate surface area is 73.2 Å². The summed E-state index contributed by atoms with van der Waals surface area (Å²) in [5, 5.41) is 22.0. The Bertz CT molecular complexity index is 363. The fraction of sp³-hybridized carbons (Fsp3) is 0.429. The van der Waals surface area contributed by atoms with E-state index in [0.717, 1.165) is 0 Å². The molecule has 0 aliphatic heterocycles. The molecule has 72 valence electrons. The highest BCUT2D eigenvalue weighted by Gasteiger charge is 2.17. The lowest BCUT2D eigenvalue weighted by molar-refractivity contribution is 0.0688. The molecule has 1 heterocycles. The first-order chi connectivity index (χ1) is 6.02. The van der Waals surface area contributed by atoms with Crippen LogP contribution in [0, 0.1) is 0 Å². The van der Waals surface area contributed by atoms with Crippen LogP contribution in [0.1, 0.15) is 23.0 Å². The van der Waals surface area contributed by atoms with Crippen LogP contribution in [0.2, 0.25) is 0 Å². The maximum absolute atomic E-state index is 11.0. The van der Waals surface area contributed by atoms with E-state index < -0.39 is 17.6 Å². The third kappa shape index (κ3) is 1.97. The lowest BCUT2D eigenvalue weighted by Crippen LogP contribution is -2.15. The average Bonchev–Trinajstić information content (AvgIpc) is 2.32. The van der Waals surface area contributed by atoms with Gasteiger partial charge >= 0.3 is 5.97 Å². The molecule has 0 bridgehead atoms. The standard InChI is InChI=1S/C7H10N2O4/c1-3(10)2-4-5(7(12)13)8-9-6(4)11/h3,10H,2H2,1H3,(H,12,13)(H2,8,9,11). The minimum atomic E-state index is -1.21. The Morgan fingerprint density at radius 2 is 2.15 bits per heavy atom. The molecule has 4 N–H and O–H groups in total. The van der Waals surface area contributed by atoms with Crippen LogP contribution in [0.15, 0.2) is 4.79 Å². The van der Waals surface area contributed by atoms with Crippen molar-refractivity contribution in [2.45, 2.75) is 19.4 Å². The zero-order chi connectivity index (χ0) is 10.0. The molecular formula is C7H10N2O4. The van der Waals surface area contributed by atoms with Gasteiger partial charge in [0.05, 0.1) is 11.7 Å². The number of aromatic amines is 2. The van der Waals surface area contributed by atoms with Gasteiger partial charge in [-0.25, -0.2) is 4.79 Å². The highest BCUT2D eigenvalue weighted by atomic mass is 16.4. The molecule has 1 unspecified atom stereocenters. The normalized spacial score (nSPS) is 12.8. The number of rotatable bonds is 3. The van der Waals surface area contributed by atoms with Gasteiger partial charge < -0.3 is 10.2 Å². The molecule has 0 fully saturated rings. The molecule has 1 aromatic heterocycles. The molecule has 0 saturated heterocycles. The van der Waals surface area contributed by atoms with E-state index in [9.17, 15) is 9.59 Å². The topological polar surface area (TPSA) is 106 Å². The number of hydrogen-bond donors (Lipinski definition) is 4. The predicted octanol–water partition coefficient (Wildman–Crippen LogP) is -0.676. The van der Waals surface area contributed by atoms with Crippen molar-refractivity contribution in [2.24, 2.45) is 0 Å². The monoisotopic (exact) mass is 186 g/mol. The number of aliphatic hydroxyl groups is 1. The van der Waals surface area contributed by atoms with E-state index in [-0.39, 0.29) is 17.7 Å². The van der Waals surface area contributed by atoms with E-state index >= 15 is 0 Å². The molecule has 0 aromatic carbocycles. The van der Waals surface area contributed by atoms with Crippen molar-refractivity contribution < 1.29 is 15.0 Å². The van der Waals surface area contributed by atoms with E-state index in [4.69, 9.17) is 10.2 Å². The summed E-state index contributed by atoms with van der Waals surface area (Å²) in [6, 6.07) is 0. The molecule has 0 saturated carbocycles. The molecular weight excluding hydrogens is 176 g/mol. The van der Waals surface area contributed by atoms with Crippen molar-refractivity contribution in [2.75, 3.05) is 0 Å². The van der Waals surface area contributed by atoms with Crippen LogP contribution in [0.25, 0.3) is 0 Å². The number of nitrogens with one attached hydrogen (secondary N) is 2. The molecule has 6 nitrogen and oxygen atoms in total. The molecule has 1 aromatic rings. The van der Waals surface area contributed by atoms with Gasteiger partial charge in [0.1, 0.15) is 5.69 Å². The maximum Gasteiger partial charge on any atom is 0.354 e. The molecule has 0 aliphatic rings. The van der Waals surface area contributed by atoms with E-state index in [2.05, 4.69) is 10.2 Å². The first-order valence-electron chi connectivity index (χ1n) is 3.73. The largest absolute Gasteiger partial charge is 0.477 e. The van der Waals surface area contributed by atoms with Crippen LogP contribution in [-0.4, -0.2) is 32.5 Å².